The Balaban J connectivity index is 2.33. The molecule has 1 aromatic heterocycles. The third kappa shape index (κ3) is 2.78. The molecule has 0 aliphatic heterocycles. The molecule has 2 nitrogen and oxygen atoms in total. The predicted molar refractivity (Wildman–Crippen MR) is 92.2 cm³/mol. The lowest BCUT2D eigenvalue weighted by Crippen LogP contribution is -1.95. The minimum Gasteiger partial charge on any atom is -0.228 e. The monoisotopic (exact) mass is 380 g/mol. The van der Waals surface area contributed by atoms with Crippen LogP contribution in [0.1, 0.15) is 11.1 Å². The number of benzene rings is 2. The van der Waals surface area contributed by atoms with Gasteiger partial charge in [0.25, 0.3) is 0 Å². The molecule has 21 heavy (non-hydrogen) atoms. The number of hydrogen-bond acceptors (Lipinski definition) is 2. The number of fused-ring (bicyclic) bond motifs is 1. The first kappa shape index (κ1) is 14.8. The van der Waals surface area contributed by atoms with Gasteiger partial charge in [-0.15, -0.1) is 0 Å². The lowest BCUT2D eigenvalue weighted by atomic mass is 10.1. The van der Waals surface area contributed by atoms with Crippen LogP contribution in [0.15, 0.2) is 34.8 Å². The van der Waals surface area contributed by atoms with Gasteiger partial charge in [-0.05, 0) is 43.7 Å². The Bertz CT molecular complexity index is 863. The second-order valence-electron chi connectivity index (χ2n) is 4.94. The molecule has 0 spiro atoms. The zero-order chi connectivity index (χ0) is 15.1. The number of aryl methyl sites for hydroxylation is 2. The van der Waals surface area contributed by atoms with Crippen LogP contribution in [0.5, 0.6) is 0 Å². The largest absolute Gasteiger partial charge is 0.228 e. The molecule has 0 atom stereocenters. The van der Waals surface area contributed by atoms with Gasteiger partial charge in [-0.25, -0.2) is 9.97 Å². The van der Waals surface area contributed by atoms with Crippen molar-refractivity contribution >= 4 is 50.0 Å². The molecule has 3 rings (SSSR count). The summed E-state index contributed by atoms with van der Waals surface area (Å²) in [6.07, 6.45) is 0. The molecule has 0 saturated heterocycles. The highest BCUT2D eigenvalue weighted by molar-refractivity contribution is 9.10. The average Bonchev–Trinajstić information content (AvgIpc) is 2.42. The van der Waals surface area contributed by atoms with Crippen molar-refractivity contribution in [2.45, 2.75) is 13.8 Å². The Morgan fingerprint density at radius 1 is 1.00 bits per heavy atom. The topological polar surface area (TPSA) is 25.8 Å². The standard InChI is InChI=1S/C16H11BrCl2N2/c1-8-5-9(2)14-12(6-8)15(19)21-16(20-14)11-7-10(17)3-4-13(11)18/h3-7H,1-2H3. The molecule has 0 saturated carbocycles. The second-order valence-corrected chi connectivity index (χ2v) is 6.62. The van der Waals surface area contributed by atoms with Crippen molar-refractivity contribution in [2.24, 2.45) is 0 Å². The van der Waals surface area contributed by atoms with E-state index in [-0.39, 0.29) is 0 Å². The van der Waals surface area contributed by atoms with Crippen LogP contribution in [0.3, 0.4) is 0 Å². The van der Waals surface area contributed by atoms with Crippen LogP contribution in [-0.4, -0.2) is 9.97 Å². The summed E-state index contributed by atoms with van der Waals surface area (Å²) in [5.74, 6) is 0.533. The van der Waals surface area contributed by atoms with Gasteiger partial charge >= 0.3 is 0 Å². The Morgan fingerprint density at radius 2 is 1.76 bits per heavy atom. The normalized spacial score (nSPS) is 11.1. The van der Waals surface area contributed by atoms with Gasteiger partial charge in [0.1, 0.15) is 5.15 Å². The average molecular weight is 382 g/mol. The number of hydrogen-bond donors (Lipinski definition) is 0. The molecular weight excluding hydrogens is 371 g/mol. The molecule has 0 aliphatic carbocycles. The third-order valence-electron chi connectivity index (χ3n) is 3.26. The van der Waals surface area contributed by atoms with Gasteiger partial charge in [0.15, 0.2) is 5.82 Å². The van der Waals surface area contributed by atoms with Crippen molar-refractivity contribution in [2.75, 3.05) is 0 Å². The van der Waals surface area contributed by atoms with Crippen molar-refractivity contribution in [1.29, 1.82) is 0 Å². The van der Waals surface area contributed by atoms with E-state index in [0.717, 1.165) is 32.1 Å². The molecule has 0 aliphatic rings. The van der Waals surface area contributed by atoms with Gasteiger partial charge < -0.3 is 0 Å². The molecular formula is C16H11BrCl2N2. The van der Waals surface area contributed by atoms with E-state index in [2.05, 4.69) is 32.0 Å². The fraction of sp³-hybridized carbons (Fsp3) is 0.125. The van der Waals surface area contributed by atoms with Crippen LogP contribution in [0.2, 0.25) is 10.2 Å². The Kier molecular flexibility index (Phi) is 3.91. The van der Waals surface area contributed by atoms with E-state index < -0.39 is 0 Å². The Morgan fingerprint density at radius 3 is 2.52 bits per heavy atom. The number of halogens is 3. The molecule has 106 valence electrons. The fourth-order valence-electron chi connectivity index (χ4n) is 2.34. The zero-order valence-electron chi connectivity index (χ0n) is 11.4. The Hall–Kier alpha value is -1.16. The summed E-state index contributed by atoms with van der Waals surface area (Å²) in [6, 6.07) is 9.66. The van der Waals surface area contributed by atoms with E-state index >= 15 is 0 Å². The molecule has 0 fully saturated rings. The third-order valence-corrected chi connectivity index (χ3v) is 4.37. The van der Waals surface area contributed by atoms with Gasteiger partial charge in [-0.1, -0.05) is 50.8 Å². The number of rotatable bonds is 1. The molecule has 0 bridgehead atoms. The second kappa shape index (κ2) is 5.56. The van der Waals surface area contributed by atoms with Crippen LogP contribution in [0.4, 0.5) is 0 Å². The molecule has 0 N–H and O–H groups in total. The zero-order valence-corrected chi connectivity index (χ0v) is 14.5. The summed E-state index contributed by atoms with van der Waals surface area (Å²) in [4.78, 5) is 9.05. The molecule has 0 radical (unpaired) electrons. The molecule has 5 heteroatoms. The maximum absolute atomic E-state index is 6.34. The van der Waals surface area contributed by atoms with E-state index in [1.54, 1.807) is 0 Å². The highest BCUT2D eigenvalue weighted by Crippen LogP contribution is 2.32. The minimum atomic E-state index is 0.442. The highest BCUT2D eigenvalue weighted by atomic mass is 79.9. The van der Waals surface area contributed by atoms with Gasteiger partial charge in [-0.2, -0.15) is 0 Å². The predicted octanol–water partition coefficient (Wildman–Crippen LogP) is 5.98. The van der Waals surface area contributed by atoms with Crippen molar-refractivity contribution in [3.63, 3.8) is 0 Å². The minimum absolute atomic E-state index is 0.442. The van der Waals surface area contributed by atoms with Crippen molar-refractivity contribution in [3.8, 4) is 11.4 Å². The van der Waals surface area contributed by atoms with Gasteiger partial charge in [0.05, 0.1) is 10.5 Å². The van der Waals surface area contributed by atoms with Crippen LogP contribution in [-0.2, 0) is 0 Å². The summed E-state index contributed by atoms with van der Waals surface area (Å²) in [5.41, 5.74) is 3.82. The first-order valence-corrected chi connectivity index (χ1v) is 7.90. The van der Waals surface area contributed by atoms with E-state index in [0.29, 0.717) is 16.0 Å². The molecule has 0 amide bonds. The van der Waals surface area contributed by atoms with Crippen LogP contribution in [0, 0.1) is 13.8 Å². The molecule has 2 aromatic carbocycles. The summed E-state index contributed by atoms with van der Waals surface area (Å²) in [7, 11) is 0. The summed E-state index contributed by atoms with van der Waals surface area (Å²) < 4.78 is 0.919. The smallest absolute Gasteiger partial charge is 0.163 e. The first-order valence-electron chi connectivity index (χ1n) is 6.35. The highest BCUT2D eigenvalue weighted by Gasteiger charge is 2.13. The lowest BCUT2D eigenvalue weighted by molar-refractivity contribution is 1.21. The molecule has 0 unspecified atom stereocenters. The summed E-state index contributed by atoms with van der Waals surface area (Å²) in [5, 5.41) is 1.90. The number of aromatic nitrogens is 2. The lowest BCUT2D eigenvalue weighted by Gasteiger charge is -2.09. The van der Waals surface area contributed by atoms with Crippen molar-refractivity contribution < 1.29 is 0 Å². The first-order chi connectivity index (χ1) is 9.95. The van der Waals surface area contributed by atoms with Crippen molar-refractivity contribution in [1.82, 2.24) is 9.97 Å². The summed E-state index contributed by atoms with van der Waals surface area (Å²) in [6.45, 7) is 4.05. The quantitative estimate of drug-likeness (QED) is 0.484. The maximum Gasteiger partial charge on any atom is 0.163 e. The van der Waals surface area contributed by atoms with Gasteiger partial charge in [0.2, 0.25) is 0 Å². The van der Waals surface area contributed by atoms with E-state index in [1.165, 1.54) is 0 Å². The SMILES string of the molecule is Cc1cc(C)c2nc(-c3cc(Br)ccc3Cl)nc(Cl)c2c1. The number of nitrogens with zero attached hydrogens (tertiary/aromatic N) is 2. The van der Waals surface area contributed by atoms with Gasteiger partial charge in [0, 0.05) is 15.4 Å². The molecule has 1 heterocycles. The molecule has 3 aromatic rings. The fourth-order valence-corrected chi connectivity index (χ4v) is 3.13. The van der Waals surface area contributed by atoms with E-state index in [4.69, 9.17) is 23.2 Å². The van der Waals surface area contributed by atoms with Crippen LogP contribution in [0.25, 0.3) is 22.3 Å². The summed E-state index contributed by atoms with van der Waals surface area (Å²) >= 11 is 16.0. The van der Waals surface area contributed by atoms with Crippen molar-refractivity contribution in [3.05, 3.63) is 56.1 Å². The van der Waals surface area contributed by atoms with Gasteiger partial charge in [-0.3, -0.25) is 0 Å². The van der Waals surface area contributed by atoms with Crippen LogP contribution < -0.4 is 0 Å². The van der Waals surface area contributed by atoms with E-state index in [1.807, 2.05) is 38.1 Å². The maximum atomic E-state index is 6.34. The van der Waals surface area contributed by atoms with E-state index in [9.17, 15) is 0 Å². The Labute approximate surface area is 141 Å². The van der Waals surface area contributed by atoms with Crippen LogP contribution >= 0.6 is 39.1 Å².